The van der Waals surface area contributed by atoms with E-state index in [4.69, 9.17) is 11.6 Å². The minimum absolute atomic E-state index is 0.128. The van der Waals surface area contributed by atoms with Crippen LogP contribution < -0.4 is 10.2 Å². The Morgan fingerprint density at radius 2 is 2.22 bits per heavy atom. The zero-order chi connectivity index (χ0) is 19.4. The highest BCUT2D eigenvalue weighted by atomic mass is 35.5. The predicted octanol–water partition coefficient (Wildman–Crippen LogP) is 4.53. The summed E-state index contributed by atoms with van der Waals surface area (Å²) < 4.78 is 38.7. The summed E-state index contributed by atoms with van der Waals surface area (Å²) in [5, 5.41) is 5.43. The molecule has 2 heterocycles. The smallest absolute Gasteiger partial charge is 0.354 e. The van der Waals surface area contributed by atoms with Crippen LogP contribution in [0.4, 0.5) is 18.3 Å². The van der Waals surface area contributed by atoms with Crippen molar-refractivity contribution in [3.63, 3.8) is 0 Å². The number of thiazole rings is 1. The van der Waals surface area contributed by atoms with Crippen LogP contribution >= 0.6 is 22.9 Å². The summed E-state index contributed by atoms with van der Waals surface area (Å²) in [6.45, 7) is 1.42. The molecule has 1 aromatic heterocycles. The van der Waals surface area contributed by atoms with Crippen molar-refractivity contribution in [3.05, 3.63) is 45.9 Å². The molecule has 4 nitrogen and oxygen atoms in total. The first-order valence-electron chi connectivity index (χ1n) is 8.63. The van der Waals surface area contributed by atoms with Gasteiger partial charge in [-0.25, -0.2) is 4.98 Å². The van der Waals surface area contributed by atoms with E-state index in [9.17, 15) is 18.0 Å². The standard InChI is InChI=1S/C18H19ClF3N3OS/c19-15-5-3-12(10-14(15)18(20,21)22)4-6-16(26)24-11-13-2-1-8-25(13)17-23-7-9-27-17/h3,5,7,9-10,13H,1-2,4,6,8,11H2,(H,24,26)/t13-/m0/s1. The fourth-order valence-corrected chi connectivity index (χ4v) is 4.15. The lowest BCUT2D eigenvalue weighted by Crippen LogP contribution is -2.40. The first kappa shape index (κ1) is 19.9. The number of nitrogens with zero attached hydrogens (tertiary/aromatic N) is 2. The van der Waals surface area contributed by atoms with Crippen molar-refractivity contribution in [3.8, 4) is 0 Å². The van der Waals surface area contributed by atoms with Crippen LogP contribution in [0.1, 0.15) is 30.4 Å². The molecular weight excluding hydrogens is 399 g/mol. The lowest BCUT2D eigenvalue weighted by atomic mass is 10.1. The van der Waals surface area contributed by atoms with E-state index in [2.05, 4.69) is 15.2 Å². The van der Waals surface area contributed by atoms with Gasteiger partial charge >= 0.3 is 6.18 Å². The largest absolute Gasteiger partial charge is 0.417 e. The first-order chi connectivity index (χ1) is 12.8. The second-order valence-electron chi connectivity index (χ2n) is 6.42. The number of amides is 1. The Kier molecular flexibility index (Phi) is 6.26. The van der Waals surface area contributed by atoms with Crippen LogP contribution in [0.15, 0.2) is 29.8 Å². The summed E-state index contributed by atoms with van der Waals surface area (Å²) in [7, 11) is 0. The van der Waals surface area contributed by atoms with Crippen molar-refractivity contribution >= 4 is 34.0 Å². The van der Waals surface area contributed by atoms with Gasteiger partial charge in [-0.05, 0) is 37.0 Å². The summed E-state index contributed by atoms with van der Waals surface area (Å²) in [6.07, 6.45) is -0.362. The van der Waals surface area contributed by atoms with E-state index >= 15 is 0 Å². The lowest BCUT2D eigenvalue weighted by Gasteiger charge is -2.24. The normalized spacial score (nSPS) is 17.3. The molecule has 9 heteroatoms. The number of halogens is 4. The first-order valence-corrected chi connectivity index (χ1v) is 9.89. The SMILES string of the molecule is O=C(CCc1ccc(Cl)c(C(F)(F)F)c1)NC[C@@H]1CCCN1c1nccs1. The number of carbonyl (C=O) groups excluding carboxylic acids is 1. The molecule has 2 aromatic rings. The Hall–Kier alpha value is -1.80. The highest BCUT2D eigenvalue weighted by Crippen LogP contribution is 2.35. The lowest BCUT2D eigenvalue weighted by molar-refractivity contribution is -0.137. The number of nitrogens with one attached hydrogen (secondary N) is 1. The average molecular weight is 418 g/mol. The van der Waals surface area contributed by atoms with Crippen molar-refractivity contribution in [2.75, 3.05) is 18.0 Å². The number of rotatable bonds is 6. The quantitative estimate of drug-likeness (QED) is 0.750. The van der Waals surface area contributed by atoms with Gasteiger partial charge in [0.05, 0.1) is 10.6 Å². The number of hydrogen-bond donors (Lipinski definition) is 1. The summed E-state index contributed by atoms with van der Waals surface area (Å²) >= 11 is 7.18. The van der Waals surface area contributed by atoms with Crippen molar-refractivity contribution < 1.29 is 18.0 Å². The maximum Gasteiger partial charge on any atom is 0.417 e. The number of carbonyl (C=O) groups is 1. The maximum absolute atomic E-state index is 12.9. The zero-order valence-corrected chi connectivity index (χ0v) is 16.0. The van der Waals surface area contributed by atoms with Crippen LogP contribution in [0.25, 0.3) is 0 Å². The van der Waals surface area contributed by atoms with E-state index in [0.29, 0.717) is 12.1 Å². The van der Waals surface area contributed by atoms with Gasteiger partial charge in [0.25, 0.3) is 0 Å². The van der Waals surface area contributed by atoms with Crippen LogP contribution in [0.3, 0.4) is 0 Å². The van der Waals surface area contributed by atoms with Crippen molar-refractivity contribution in [1.82, 2.24) is 10.3 Å². The molecule has 1 N–H and O–H groups in total. The molecule has 0 saturated carbocycles. The highest BCUT2D eigenvalue weighted by molar-refractivity contribution is 7.13. The summed E-state index contributed by atoms with van der Waals surface area (Å²) in [5.74, 6) is -0.176. The Morgan fingerprint density at radius 3 is 2.93 bits per heavy atom. The Balaban J connectivity index is 1.50. The molecule has 27 heavy (non-hydrogen) atoms. The third kappa shape index (κ3) is 5.13. The minimum Gasteiger partial charge on any atom is -0.354 e. The minimum atomic E-state index is -4.50. The van der Waals surface area contributed by atoms with Gasteiger partial charge in [-0.15, -0.1) is 11.3 Å². The zero-order valence-electron chi connectivity index (χ0n) is 14.4. The summed E-state index contributed by atoms with van der Waals surface area (Å²) in [4.78, 5) is 18.6. The van der Waals surface area contributed by atoms with Crippen molar-refractivity contribution in [1.29, 1.82) is 0 Å². The number of benzene rings is 1. The monoisotopic (exact) mass is 417 g/mol. The number of aryl methyl sites for hydroxylation is 1. The van der Waals surface area contributed by atoms with E-state index < -0.39 is 11.7 Å². The van der Waals surface area contributed by atoms with E-state index in [1.54, 1.807) is 17.5 Å². The molecule has 0 aliphatic carbocycles. The molecule has 0 radical (unpaired) electrons. The number of aromatic nitrogens is 1. The predicted molar refractivity (Wildman–Crippen MR) is 100 cm³/mol. The Bertz CT molecular complexity index is 783. The number of hydrogen-bond acceptors (Lipinski definition) is 4. The maximum atomic E-state index is 12.9. The van der Waals surface area contributed by atoms with Crippen LogP contribution in [0.2, 0.25) is 5.02 Å². The Labute approximate surface area is 164 Å². The molecule has 1 aromatic carbocycles. The van der Waals surface area contributed by atoms with Gasteiger partial charge in [-0.2, -0.15) is 13.2 Å². The molecule has 1 atom stereocenters. The van der Waals surface area contributed by atoms with Crippen LogP contribution in [-0.2, 0) is 17.4 Å². The molecule has 3 rings (SSSR count). The van der Waals surface area contributed by atoms with Gasteiger partial charge < -0.3 is 10.2 Å². The van der Waals surface area contributed by atoms with Crippen LogP contribution in [0, 0.1) is 0 Å². The molecular formula is C18H19ClF3N3OS. The van der Waals surface area contributed by atoms with E-state index in [1.807, 2.05) is 5.38 Å². The van der Waals surface area contributed by atoms with Gasteiger partial charge in [0, 0.05) is 37.1 Å². The third-order valence-corrected chi connectivity index (χ3v) is 5.69. The van der Waals surface area contributed by atoms with E-state index in [0.717, 1.165) is 30.6 Å². The molecule has 146 valence electrons. The number of anilines is 1. The average Bonchev–Trinajstić information content (AvgIpc) is 3.29. The van der Waals surface area contributed by atoms with Crippen LogP contribution in [0.5, 0.6) is 0 Å². The van der Waals surface area contributed by atoms with Crippen molar-refractivity contribution in [2.24, 2.45) is 0 Å². The van der Waals surface area contributed by atoms with Gasteiger partial charge in [0.2, 0.25) is 5.91 Å². The molecule has 1 aliphatic heterocycles. The molecule has 1 saturated heterocycles. The van der Waals surface area contributed by atoms with Crippen molar-refractivity contribution in [2.45, 2.75) is 37.9 Å². The molecule has 1 aliphatic rings. The molecule has 0 bridgehead atoms. The van der Waals surface area contributed by atoms with Crippen LogP contribution in [-0.4, -0.2) is 30.0 Å². The highest BCUT2D eigenvalue weighted by Gasteiger charge is 2.33. The Morgan fingerprint density at radius 1 is 1.41 bits per heavy atom. The second-order valence-corrected chi connectivity index (χ2v) is 7.70. The van der Waals surface area contributed by atoms with E-state index in [-0.39, 0.29) is 29.8 Å². The topological polar surface area (TPSA) is 45.2 Å². The molecule has 0 spiro atoms. The molecule has 1 amide bonds. The second kappa shape index (κ2) is 8.48. The fraction of sp³-hybridized carbons (Fsp3) is 0.444. The fourth-order valence-electron chi connectivity index (χ4n) is 3.18. The molecule has 0 unspecified atom stereocenters. The van der Waals surface area contributed by atoms with Gasteiger partial charge in [0.1, 0.15) is 0 Å². The van der Waals surface area contributed by atoms with Gasteiger partial charge in [-0.3, -0.25) is 4.79 Å². The third-order valence-electron chi connectivity index (χ3n) is 4.55. The van der Waals surface area contributed by atoms with Gasteiger partial charge in [0.15, 0.2) is 5.13 Å². The summed E-state index contributed by atoms with van der Waals surface area (Å²) in [6, 6.07) is 3.96. The summed E-state index contributed by atoms with van der Waals surface area (Å²) in [5.41, 5.74) is -0.431. The van der Waals surface area contributed by atoms with E-state index in [1.165, 1.54) is 12.1 Å². The molecule has 1 fully saturated rings. The number of alkyl halides is 3. The van der Waals surface area contributed by atoms with Gasteiger partial charge in [-0.1, -0.05) is 17.7 Å².